The Bertz CT molecular complexity index is 97.1. The molecule has 0 spiro atoms. The van der Waals surface area contributed by atoms with E-state index >= 15 is 0 Å². The minimum absolute atomic E-state index is 0.650. The summed E-state index contributed by atoms with van der Waals surface area (Å²) in [6, 6.07) is 0. The van der Waals surface area contributed by atoms with Crippen molar-refractivity contribution in [2.45, 2.75) is 24.8 Å². The zero-order valence-corrected chi connectivity index (χ0v) is 5.86. The second-order valence-electron chi connectivity index (χ2n) is 2.35. The summed E-state index contributed by atoms with van der Waals surface area (Å²) < 4.78 is 0. The van der Waals surface area contributed by atoms with Gasteiger partial charge >= 0.3 is 0 Å². The van der Waals surface area contributed by atoms with Crippen LogP contribution in [0.1, 0.15) is 6.92 Å². The molecule has 0 aromatic carbocycles. The fourth-order valence-electron chi connectivity index (χ4n) is 0.516. The minimum atomic E-state index is -1.79. The van der Waals surface area contributed by atoms with Crippen LogP contribution >= 0.6 is 0 Å². The van der Waals surface area contributed by atoms with E-state index in [0.29, 0.717) is 0 Å². The number of hydrogen-bond donors (Lipinski definition) is 5. The smallest absolute Gasteiger partial charge is 0.141 e. The van der Waals surface area contributed by atoms with Crippen molar-refractivity contribution in [3.63, 3.8) is 0 Å². The molecule has 0 aromatic rings. The standard InChI is InChI=1S/C5H14N2O3/c1-3(9)5(10,2-8)4(6)7/h3-4,8-10H,2,6-7H2,1H3. The fourth-order valence-corrected chi connectivity index (χ4v) is 0.516. The van der Waals surface area contributed by atoms with Crippen LogP contribution in [0.25, 0.3) is 0 Å². The molecule has 0 aromatic heterocycles. The molecule has 0 amide bonds. The molecule has 0 aliphatic rings. The second-order valence-corrected chi connectivity index (χ2v) is 2.35. The van der Waals surface area contributed by atoms with Crippen LogP contribution in [0, 0.1) is 0 Å². The first-order chi connectivity index (χ1) is 4.45. The molecule has 0 saturated carbocycles. The van der Waals surface area contributed by atoms with E-state index in [0.717, 1.165) is 0 Å². The van der Waals surface area contributed by atoms with Crippen LogP contribution in [0.15, 0.2) is 0 Å². The summed E-state index contributed by atoms with van der Waals surface area (Å²) >= 11 is 0. The van der Waals surface area contributed by atoms with E-state index in [9.17, 15) is 5.11 Å². The summed E-state index contributed by atoms with van der Waals surface area (Å²) in [5.41, 5.74) is 8.39. The molecule has 0 aliphatic carbocycles. The average molecular weight is 150 g/mol. The first kappa shape index (κ1) is 9.80. The largest absolute Gasteiger partial charge is 0.393 e. The second kappa shape index (κ2) is 3.27. The van der Waals surface area contributed by atoms with Gasteiger partial charge in [0.25, 0.3) is 0 Å². The van der Waals surface area contributed by atoms with Crippen LogP contribution in [0.3, 0.4) is 0 Å². The summed E-state index contributed by atoms with van der Waals surface area (Å²) in [4.78, 5) is 0. The average Bonchev–Trinajstić information content (AvgIpc) is 1.85. The molecule has 0 fully saturated rings. The van der Waals surface area contributed by atoms with E-state index in [2.05, 4.69) is 0 Å². The molecule has 5 heteroatoms. The van der Waals surface area contributed by atoms with Crippen molar-refractivity contribution in [1.29, 1.82) is 0 Å². The third kappa shape index (κ3) is 1.65. The van der Waals surface area contributed by atoms with E-state index in [1.165, 1.54) is 6.92 Å². The van der Waals surface area contributed by atoms with Gasteiger partial charge in [-0.05, 0) is 6.92 Å². The van der Waals surface area contributed by atoms with Crippen molar-refractivity contribution < 1.29 is 15.3 Å². The van der Waals surface area contributed by atoms with Crippen molar-refractivity contribution in [2.24, 2.45) is 11.5 Å². The highest BCUT2D eigenvalue weighted by Gasteiger charge is 2.36. The van der Waals surface area contributed by atoms with Gasteiger partial charge in [-0.25, -0.2) is 0 Å². The highest BCUT2D eigenvalue weighted by molar-refractivity contribution is 4.89. The lowest BCUT2D eigenvalue weighted by molar-refractivity contribution is -0.111. The molecule has 0 heterocycles. The monoisotopic (exact) mass is 150 g/mol. The Morgan fingerprint density at radius 1 is 1.50 bits per heavy atom. The Balaban J connectivity index is 4.23. The molecule has 2 unspecified atom stereocenters. The van der Waals surface area contributed by atoms with Crippen LogP contribution < -0.4 is 11.5 Å². The highest BCUT2D eigenvalue weighted by Crippen LogP contribution is 2.09. The lowest BCUT2D eigenvalue weighted by Gasteiger charge is -2.31. The van der Waals surface area contributed by atoms with Crippen LogP contribution in [0.5, 0.6) is 0 Å². The van der Waals surface area contributed by atoms with E-state index in [1.807, 2.05) is 0 Å². The van der Waals surface area contributed by atoms with E-state index in [1.54, 1.807) is 0 Å². The van der Waals surface area contributed by atoms with E-state index < -0.39 is 24.5 Å². The first-order valence-corrected chi connectivity index (χ1v) is 2.97. The Morgan fingerprint density at radius 2 is 1.90 bits per heavy atom. The summed E-state index contributed by atoms with van der Waals surface area (Å²) in [5, 5.41) is 26.7. The third-order valence-corrected chi connectivity index (χ3v) is 1.55. The molecule has 0 aliphatic heterocycles. The Hall–Kier alpha value is -0.200. The number of aliphatic hydroxyl groups excluding tert-OH is 2. The predicted molar refractivity (Wildman–Crippen MR) is 35.9 cm³/mol. The normalized spacial score (nSPS) is 20.7. The van der Waals surface area contributed by atoms with Crippen LogP contribution in [-0.2, 0) is 0 Å². The molecule has 0 radical (unpaired) electrons. The maximum atomic E-state index is 9.22. The highest BCUT2D eigenvalue weighted by atomic mass is 16.4. The molecular formula is C5H14N2O3. The van der Waals surface area contributed by atoms with Gasteiger partial charge in [0.1, 0.15) is 5.60 Å². The van der Waals surface area contributed by atoms with E-state index in [-0.39, 0.29) is 0 Å². The lowest BCUT2D eigenvalue weighted by Crippen LogP contribution is -2.62. The third-order valence-electron chi connectivity index (χ3n) is 1.55. The van der Waals surface area contributed by atoms with Gasteiger partial charge in [0.2, 0.25) is 0 Å². The van der Waals surface area contributed by atoms with Crippen LogP contribution in [0.2, 0.25) is 0 Å². The molecule has 0 rings (SSSR count). The summed E-state index contributed by atoms with van der Waals surface area (Å²) in [6.45, 7) is 0.658. The number of nitrogens with two attached hydrogens (primary N) is 2. The van der Waals surface area contributed by atoms with Gasteiger partial charge in [-0.3, -0.25) is 0 Å². The lowest BCUT2D eigenvalue weighted by atomic mass is 9.96. The maximum absolute atomic E-state index is 9.22. The van der Waals surface area contributed by atoms with Crippen LogP contribution in [0.4, 0.5) is 0 Å². The Morgan fingerprint density at radius 3 is 1.90 bits per heavy atom. The Labute approximate surface area is 59.3 Å². The van der Waals surface area contributed by atoms with Gasteiger partial charge < -0.3 is 26.8 Å². The van der Waals surface area contributed by atoms with Crippen LogP contribution in [-0.4, -0.2) is 39.8 Å². The first-order valence-electron chi connectivity index (χ1n) is 2.97. The van der Waals surface area contributed by atoms with Gasteiger partial charge in [-0.1, -0.05) is 0 Å². The SMILES string of the molecule is CC(O)C(O)(CO)C(N)N. The summed E-state index contributed by atoms with van der Waals surface area (Å²) in [6.07, 6.45) is -2.28. The molecule has 2 atom stereocenters. The van der Waals surface area contributed by atoms with Gasteiger partial charge in [0.15, 0.2) is 0 Å². The van der Waals surface area contributed by atoms with Crippen molar-refractivity contribution in [3.05, 3.63) is 0 Å². The summed E-state index contributed by atoms with van der Waals surface area (Å²) in [7, 11) is 0. The van der Waals surface area contributed by atoms with Crippen molar-refractivity contribution >= 4 is 0 Å². The van der Waals surface area contributed by atoms with Crippen molar-refractivity contribution in [2.75, 3.05) is 6.61 Å². The minimum Gasteiger partial charge on any atom is -0.393 e. The predicted octanol–water partition coefficient (Wildman–Crippen LogP) is -2.67. The fraction of sp³-hybridized carbons (Fsp3) is 1.00. The van der Waals surface area contributed by atoms with Gasteiger partial charge in [0.05, 0.1) is 18.9 Å². The molecular weight excluding hydrogens is 136 g/mol. The van der Waals surface area contributed by atoms with Crippen molar-refractivity contribution in [1.82, 2.24) is 0 Å². The topological polar surface area (TPSA) is 113 Å². The Kier molecular flexibility index (Phi) is 3.20. The number of aliphatic hydroxyl groups is 3. The molecule has 0 saturated heterocycles. The van der Waals surface area contributed by atoms with E-state index in [4.69, 9.17) is 21.7 Å². The van der Waals surface area contributed by atoms with Gasteiger partial charge in [0, 0.05) is 0 Å². The molecule has 5 nitrogen and oxygen atoms in total. The molecule has 7 N–H and O–H groups in total. The zero-order chi connectivity index (χ0) is 8.36. The molecule has 10 heavy (non-hydrogen) atoms. The number of rotatable bonds is 3. The maximum Gasteiger partial charge on any atom is 0.141 e. The zero-order valence-electron chi connectivity index (χ0n) is 5.86. The van der Waals surface area contributed by atoms with Gasteiger partial charge in [-0.15, -0.1) is 0 Å². The summed E-state index contributed by atoms with van der Waals surface area (Å²) in [5.74, 6) is 0. The van der Waals surface area contributed by atoms with Crippen molar-refractivity contribution in [3.8, 4) is 0 Å². The van der Waals surface area contributed by atoms with Gasteiger partial charge in [-0.2, -0.15) is 0 Å². The quantitative estimate of drug-likeness (QED) is 0.282. The number of hydrogen-bond acceptors (Lipinski definition) is 5. The molecule has 0 bridgehead atoms. The molecule has 62 valence electrons.